The lowest BCUT2D eigenvalue weighted by Crippen LogP contribution is -2.46. The van der Waals surface area contributed by atoms with Gasteiger partial charge in [0.2, 0.25) is 5.91 Å². The van der Waals surface area contributed by atoms with Crippen LogP contribution in [0.4, 0.5) is 0 Å². The van der Waals surface area contributed by atoms with Gasteiger partial charge in [-0.15, -0.1) is 11.8 Å². The maximum absolute atomic E-state index is 12.7. The van der Waals surface area contributed by atoms with Crippen LogP contribution in [0.2, 0.25) is 0 Å². The highest BCUT2D eigenvalue weighted by Gasteiger charge is 2.25. The number of carbonyl (C=O) groups is 1. The molecule has 30 heavy (non-hydrogen) atoms. The maximum Gasteiger partial charge on any atom is 0.232 e. The Balaban J connectivity index is 1.20. The minimum atomic E-state index is 0.182. The Morgan fingerprint density at radius 1 is 1.17 bits per heavy atom. The van der Waals surface area contributed by atoms with Gasteiger partial charge in [0.05, 0.1) is 5.75 Å². The number of likely N-dealkylation sites (tertiary alicyclic amines) is 1. The van der Waals surface area contributed by atoms with Crippen LogP contribution in [0.5, 0.6) is 11.5 Å². The SMILES string of the molecule is CN(C(=O)CSc1ccc2c(c1)OCCO2)C1CCN(CCc2ccccn2)CC1. The van der Waals surface area contributed by atoms with E-state index >= 15 is 0 Å². The molecule has 0 N–H and O–H groups in total. The van der Waals surface area contributed by atoms with Gasteiger partial charge in [-0.2, -0.15) is 0 Å². The van der Waals surface area contributed by atoms with E-state index in [4.69, 9.17) is 9.47 Å². The van der Waals surface area contributed by atoms with Crippen molar-refractivity contribution in [3.05, 3.63) is 48.3 Å². The predicted molar refractivity (Wildman–Crippen MR) is 118 cm³/mol. The molecule has 1 aromatic heterocycles. The Morgan fingerprint density at radius 2 is 1.97 bits per heavy atom. The van der Waals surface area contributed by atoms with Gasteiger partial charge in [-0.25, -0.2) is 0 Å². The molecule has 2 aliphatic heterocycles. The number of nitrogens with zero attached hydrogens (tertiary/aromatic N) is 3. The van der Waals surface area contributed by atoms with Gasteiger partial charge in [0.1, 0.15) is 13.2 Å². The largest absolute Gasteiger partial charge is 0.486 e. The molecule has 160 valence electrons. The summed E-state index contributed by atoms with van der Waals surface area (Å²) >= 11 is 1.56. The molecule has 1 amide bonds. The van der Waals surface area contributed by atoms with Gasteiger partial charge < -0.3 is 19.3 Å². The van der Waals surface area contributed by atoms with Crippen LogP contribution in [-0.2, 0) is 11.2 Å². The fourth-order valence-corrected chi connectivity index (χ4v) is 4.76. The van der Waals surface area contributed by atoms with Crippen LogP contribution in [0, 0.1) is 0 Å². The molecule has 1 saturated heterocycles. The maximum atomic E-state index is 12.7. The standard InChI is InChI=1S/C23H29N3O3S/c1-25(19-8-12-26(13-9-19)11-7-18-4-2-3-10-24-18)23(27)17-30-20-5-6-21-22(16-20)29-15-14-28-21/h2-6,10,16,19H,7-9,11-15,17H2,1H3. The van der Waals surface area contributed by atoms with E-state index in [1.807, 2.05) is 48.5 Å². The van der Waals surface area contributed by atoms with Gasteiger partial charge in [-0.05, 0) is 43.2 Å². The Bertz CT molecular complexity index is 841. The van der Waals surface area contributed by atoms with E-state index in [0.717, 1.165) is 61.0 Å². The number of hydrogen-bond donors (Lipinski definition) is 0. The third-order valence-electron chi connectivity index (χ3n) is 5.78. The second kappa shape index (κ2) is 10.2. The number of carbonyl (C=O) groups excluding carboxylic acids is 1. The highest BCUT2D eigenvalue weighted by atomic mass is 32.2. The molecule has 7 heteroatoms. The van der Waals surface area contributed by atoms with Crippen molar-refractivity contribution >= 4 is 17.7 Å². The number of benzene rings is 1. The summed E-state index contributed by atoms with van der Waals surface area (Å²) < 4.78 is 11.2. The van der Waals surface area contributed by atoms with Crippen molar-refractivity contribution in [2.45, 2.75) is 30.2 Å². The first-order valence-corrected chi connectivity index (χ1v) is 11.6. The molecule has 2 aliphatic rings. The number of amides is 1. The van der Waals surface area contributed by atoms with Crippen LogP contribution < -0.4 is 9.47 Å². The quantitative estimate of drug-likeness (QED) is 0.633. The number of fused-ring (bicyclic) bond motifs is 1. The van der Waals surface area contributed by atoms with Crippen molar-refractivity contribution < 1.29 is 14.3 Å². The molecule has 0 spiro atoms. The second-order valence-electron chi connectivity index (χ2n) is 7.74. The van der Waals surface area contributed by atoms with E-state index in [1.54, 1.807) is 11.8 Å². The Hall–Kier alpha value is -2.25. The molecule has 0 bridgehead atoms. The highest BCUT2D eigenvalue weighted by molar-refractivity contribution is 8.00. The van der Waals surface area contributed by atoms with Gasteiger partial charge in [0, 0.05) is 55.9 Å². The summed E-state index contributed by atoms with van der Waals surface area (Å²) in [6, 6.07) is 12.3. The van der Waals surface area contributed by atoms with Gasteiger partial charge >= 0.3 is 0 Å². The fourth-order valence-electron chi connectivity index (χ4n) is 3.91. The van der Waals surface area contributed by atoms with Crippen molar-refractivity contribution in [1.82, 2.24) is 14.8 Å². The third-order valence-corrected chi connectivity index (χ3v) is 6.76. The number of hydrogen-bond acceptors (Lipinski definition) is 6. The molecular weight excluding hydrogens is 398 g/mol. The first-order chi connectivity index (χ1) is 14.7. The minimum Gasteiger partial charge on any atom is -0.486 e. The van der Waals surface area contributed by atoms with Crippen LogP contribution in [0.1, 0.15) is 18.5 Å². The average molecular weight is 428 g/mol. The van der Waals surface area contributed by atoms with Crippen LogP contribution in [0.25, 0.3) is 0 Å². The average Bonchev–Trinajstić information content (AvgIpc) is 2.81. The number of thioether (sulfide) groups is 1. The molecule has 0 radical (unpaired) electrons. The highest BCUT2D eigenvalue weighted by Crippen LogP contribution is 2.34. The number of ether oxygens (including phenoxy) is 2. The summed E-state index contributed by atoms with van der Waals surface area (Å²) in [6.07, 6.45) is 4.88. The second-order valence-corrected chi connectivity index (χ2v) is 8.79. The monoisotopic (exact) mass is 427 g/mol. The summed E-state index contributed by atoms with van der Waals surface area (Å²) in [5.41, 5.74) is 1.14. The van der Waals surface area contributed by atoms with Crippen molar-refractivity contribution in [3.63, 3.8) is 0 Å². The molecular formula is C23H29N3O3S. The molecule has 0 unspecified atom stereocenters. The van der Waals surface area contributed by atoms with E-state index in [9.17, 15) is 4.79 Å². The Labute approximate surface area is 182 Å². The molecule has 0 aliphatic carbocycles. The zero-order valence-corrected chi connectivity index (χ0v) is 18.3. The Kier molecular flexibility index (Phi) is 7.12. The normalized spacial score (nSPS) is 17.0. The van der Waals surface area contributed by atoms with Crippen molar-refractivity contribution in [2.24, 2.45) is 0 Å². The molecule has 0 saturated carbocycles. The summed E-state index contributed by atoms with van der Waals surface area (Å²) in [5, 5.41) is 0. The van der Waals surface area contributed by atoms with Gasteiger partial charge in [-0.3, -0.25) is 9.78 Å². The lowest BCUT2D eigenvalue weighted by molar-refractivity contribution is -0.129. The van der Waals surface area contributed by atoms with Gasteiger partial charge in [0.25, 0.3) is 0 Å². The lowest BCUT2D eigenvalue weighted by atomic mass is 10.0. The van der Waals surface area contributed by atoms with Crippen LogP contribution >= 0.6 is 11.8 Å². The van der Waals surface area contributed by atoms with Gasteiger partial charge in [-0.1, -0.05) is 6.07 Å². The van der Waals surface area contributed by atoms with Crippen LogP contribution in [0.3, 0.4) is 0 Å². The van der Waals surface area contributed by atoms with E-state index < -0.39 is 0 Å². The molecule has 3 heterocycles. The van der Waals surface area contributed by atoms with Crippen LogP contribution in [0.15, 0.2) is 47.5 Å². The van der Waals surface area contributed by atoms with E-state index in [2.05, 4.69) is 16.0 Å². The van der Waals surface area contributed by atoms with Crippen molar-refractivity contribution in [1.29, 1.82) is 0 Å². The summed E-state index contributed by atoms with van der Waals surface area (Å²) in [7, 11) is 1.95. The van der Waals surface area contributed by atoms with E-state index in [0.29, 0.717) is 25.0 Å². The molecule has 4 rings (SSSR count). The minimum absolute atomic E-state index is 0.182. The first-order valence-electron chi connectivity index (χ1n) is 10.6. The summed E-state index contributed by atoms with van der Waals surface area (Å²) in [4.78, 5) is 22.6. The molecule has 6 nitrogen and oxygen atoms in total. The van der Waals surface area contributed by atoms with Crippen LogP contribution in [-0.4, -0.2) is 72.4 Å². The van der Waals surface area contributed by atoms with Crippen molar-refractivity contribution in [3.8, 4) is 11.5 Å². The van der Waals surface area contributed by atoms with E-state index in [1.165, 1.54) is 0 Å². The Morgan fingerprint density at radius 3 is 2.73 bits per heavy atom. The first kappa shape index (κ1) is 21.0. The zero-order chi connectivity index (χ0) is 20.8. The predicted octanol–water partition coefficient (Wildman–Crippen LogP) is 3.11. The smallest absolute Gasteiger partial charge is 0.232 e. The number of aromatic nitrogens is 1. The molecule has 1 fully saturated rings. The molecule has 0 atom stereocenters. The number of pyridine rings is 1. The topological polar surface area (TPSA) is 54.9 Å². The molecule has 2 aromatic rings. The van der Waals surface area contributed by atoms with E-state index in [-0.39, 0.29) is 5.91 Å². The number of piperidine rings is 1. The zero-order valence-electron chi connectivity index (χ0n) is 17.5. The third kappa shape index (κ3) is 5.46. The molecule has 1 aromatic carbocycles. The number of rotatable bonds is 7. The summed E-state index contributed by atoms with van der Waals surface area (Å²) in [6.45, 7) is 4.25. The fraction of sp³-hybridized carbons (Fsp3) is 0.478. The van der Waals surface area contributed by atoms with Gasteiger partial charge in [0.15, 0.2) is 11.5 Å². The van der Waals surface area contributed by atoms with Crippen molar-refractivity contribution in [2.75, 3.05) is 45.6 Å². The lowest BCUT2D eigenvalue weighted by Gasteiger charge is -2.36. The summed E-state index contributed by atoms with van der Waals surface area (Å²) in [5.74, 6) is 2.17.